The second-order valence-corrected chi connectivity index (χ2v) is 13.1. The van der Waals surface area contributed by atoms with E-state index in [4.69, 9.17) is 16.6 Å². The van der Waals surface area contributed by atoms with Crippen molar-refractivity contribution in [2.24, 2.45) is 0 Å². The monoisotopic (exact) mass is 760 g/mol. The first-order chi connectivity index (χ1) is 25.7. The van der Waals surface area contributed by atoms with E-state index >= 15 is 0 Å². The number of amides is 2. The maximum absolute atomic E-state index is 14.4. The first-order valence-corrected chi connectivity index (χ1v) is 17.2. The molecule has 0 spiro atoms. The minimum Gasteiger partial charge on any atom is -0.504 e. The number of anilines is 2. The van der Waals surface area contributed by atoms with E-state index in [0.717, 1.165) is 39.2 Å². The highest BCUT2D eigenvalue weighted by atomic mass is 35.5. The van der Waals surface area contributed by atoms with Crippen molar-refractivity contribution in [2.45, 2.75) is 39.9 Å². The highest BCUT2D eigenvalue weighted by Gasteiger charge is 2.32. The van der Waals surface area contributed by atoms with Gasteiger partial charge in [-0.2, -0.15) is 22.7 Å². The van der Waals surface area contributed by atoms with Crippen molar-refractivity contribution >= 4 is 51.5 Å². The van der Waals surface area contributed by atoms with Crippen molar-refractivity contribution in [3.63, 3.8) is 0 Å². The molecule has 0 bridgehead atoms. The zero-order valence-corrected chi connectivity index (χ0v) is 29.9. The van der Waals surface area contributed by atoms with E-state index < -0.39 is 35.7 Å². The lowest BCUT2D eigenvalue weighted by molar-refractivity contribution is -0.137. The third kappa shape index (κ3) is 6.66. The van der Waals surface area contributed by atoms with Crippen molar-refractivity contribution in [2.75, 3.05) is 36.4 Å². The van der Waals surface area contributed by atoms with Gasteiger partial charge in [-0.05, 0) is 62.2 Å². The predicted molar refractivity (Wildman–Crippen MR) is 194 cm³/mol. The summed E-state index contributed by atoms with van der Waals surface area (Å²) in [6, 6.07) is 10.0. The Morgan fingerprint density at radius 2 is 1.78 bits per heavy atom. The number of hydrogen-bond donors (Lipinski definition) is 2. The predicted octanol–water partition coefficient (Wildman–Crippen LogP) is 5.05. The molecule has 1 fully saturated rings. The van der Waals surface area contributed by atoms with Crippen LogP contribution in [-0.4, -0.2) is 82.1 Å². The van der Waals surface area contributed by atoms with Crippen LogP contribution in [0.2, 0.25) is 5.02 Å². The largest absolute Gasteiger partial charge is 0.504 e. The number of halogens is 4. The SMILES string of the molecule is CCc1c(N2CCN(C(=O)c3ncnc(C)c3O)CC2)c(=O)n2nc(-c3cc(C)c4ncccc4c3)nc2n1CC(=O)Nc1ccc(C(F)(F)F)cc1Cl. The highest BCUT2D eigenvalue weighted by molar-refractivity contribution is 6.33. The van der Waals surface area contributed by atoms with Crippen LogP contribution < -0.4 is 15.8 Å². The first kappa shape index (κ1) is 36.3. The van der Waals surface area contributed by atoms with E-state index in [1.54, 1.807) is 23.8 Å². The van der Waals surface area contributed by atoms with Gasteiger partial charge in [-0.3, -0.25) is 19.4 Å². The number of nitrogens with one attached hydrogen (secondary N) is 1. The summed E-state index contributed by atoms with van der Waals surface area (Å²) in [6.45, 7) is 5.67. The van der Waals surface area contributed by atoms with Crippen LogP contribution in [0.3, 0.4) is 0 Å². The molecule has 4 aromatic heterocycles. The Morgan fingerprint density at radius 3 is 2.48 bits per heavy atom. The molecule has 0 unspecified atom stereocenters. The number of rotatable bonds is 7. The number of piperazine rings is 1. The summed E-state index contributed by atoms with van der Waals surface area (Å²) in [4.78, 5) is 61.7. The number of hydrogen-bond acceptors (Lipinski definition) is 10. The van der Waals surface area contributed by atoms with Gasteiger partial charge in [-0.15, -0.1) is 5.10 Å². The fraction of sp³-hybridized carbons (Fsp3) is 0.278. The molecule has 0 aliphatic carbocycles. The van der Waals surface area contributed by atoms with Crippen LogP contribution in [0.1, 0.15) is 39.9 Å². The second-order valence-electron chi connectivity index (χ2n) is 12.7. The number of aromatic nitrogens is 7. The molecule has 54 heavy (non-hydrogen) atoms. The molecule has 1 saturated heterocycles. The summed E-state index contributed by atoms with van der Waals surface area (Å²) in [5.74, 6) is -1.15. The van der Waals surface area contributed by atoms with Crippen molar-refractivity contribution in [3.8, 4) is 17.1 Å². The molecule has 6 aromatic rings. The Hall–Kier alpha value is -6.10. The van der Waals surface area contributed by atoms with E-state index in [1.807, 2.05) is 36.9 Å². The molecule has 5 heterocycles. The van der Waals surface area contributed by atoms with Gasteiger partial charge in [-0.25, -0.2) is 9.97 Å². The molecule has 2 amide bonds. The molecule has 1 aliphatic heterocycles. The van der Waals surface area contributed by atoms with Gasteiger partial charge in [-0.1, -0.05) is 24.6 Å². The maximum atomic E-state index is 14.4. The zero-order valence-electron chi connectivity index (χ0n) is 29.1. The summed E-state index contributed by atoms with van der Waals surface area (Å²) in [5.41, 5.74) is 1.61. The Labute approximate surface area is 309 Å². The smallest absolute Gasteiger partial charge is 0.416 e. The van der Waals surface area contributed by atoms with Crippen LogP contribution in [0.4, 0.5) is 24.5 Å². The van der Waals surface area contributed by atoms with E-state index in [1.165, 1.54) is 11.2 Å². The van der Waals surface area contributed by atoms with Crippen LogP contribution in [0, 0.1) is 13.8 Å². The molecule has 2 aromatic carbocycles. The topological polar surface area (TPSA) is 164 Å². The summed E-state index contributed by atoms with van der Waals surface area (Å²) in [5, 5.41) is 18.1. The standard InChI is InChI=1S/C36H32ClF3N10O4/c1-4-26-30(47-10-12-48(13-11-47)33(53)29-31(52)20(3)42-18-43-29)34(54)50-35(45-32(46-50)22-14-19(2)28-21(15-22)6-5-9-41-28)49(26)17-27(51)44-25-8-7-23(16-24(25)37)36(38,39)40/h5-9,14-16,18,52H,4,10-13,17H2,1-3H3,(H,44,51). The number of carbonyl (C=O) groups is 2. The maximum Gasteiger partial charge on any atom is 0.416 e. The lowest BCUT2D eigenvalue weighted by Crippen LogP contribution is -2.51. The van der Waals surface area contributed by atoms with Crippen molar-refractivity contribution in [1.82, 2.24) is 39.0 Å². The lowest BCUT2D eigenvalue weighted by Gasteiger charge is -2.36. The van der Waals surface area contributed by atoms with E-state index in [2.05, 4.69) is 25.4 Å². The van der Waals surface area contributed by atoms with Crippen molar-refractivity contribution < 1.29 is 27.9 Å². The molecule has 0 atom stereocenters. The molecule has 18 heteroatoms. The van der Waals surface area contributed by atoms with E-state index in [9.17, 15) is 32.7 Å². The average molecular weight is 761 g/mol. The van der Waals surface area contributed by atoms with Gasteiger partial charge in [0.25, 0.3) is 11.5 Å². The molecule has 278 valence electrons. The van der Waals surface area contributed by atoms with Gasteiger partial charge in [0.2, 0.25) is 11.7 Å². The number of benzene rings is 2. The molecule has 7 rings (SSSR count). The van der Waals surface area contributed by atoms with Gasteiger partial charge >= 0.3 is 6.18 Å². The molecule has 14 nitrogen and oxygen atoms in total. The minimum absolute atomic E-state index is 0.0295. The number of pyridine rings is 1. The minimum atomic E-state index is -4.62. The van der Waals surface area contributed by atoms with Gasteiger partial charge in [0.15, 0.2) is 17.3 Å². The molecule has 0 saturated carbocycles. The number of nitrogens with zero attached hydrogens (tertiary/aromatic N) is 9. The van der Waals surface area contributed by atoms with Gasteiger partial charge in [0.1, 0.15) is 18.6 Å². The number of carbonyl (C=O) groups excluding carboxylic acids is 2. The number of aromatic hydroxyl groups is 1. The lowest BCUT2D eigenvalue weighted by atomic mass is 10.1. The van der Waals surface area contributed by atoms with Gasteiger partial charge in [0.05, 0.1) is 33.2 Å². The molecular formula is C36H32ClF3N10O4. The highest BCUT2D eigenvalue weighted by Crippen LogP contribution is 2.34. The fourth-order valence-corrected chi connectivity index (χ4v) is 6.82. The molecule has 1 aliphatic rings. The van der Waals surface area contributed by atoms with E-state index in [0.29, 0.717) is 11.3 Å². The summed E-state index contributed by atoms with van der Waals surface area (Å²) in [7, 11) is 0. The number of fused-ring (bicyclic) bond motifs is 2. The Balaban J connectivity index is 1.28. The summed E-state index contributed by atoms with van der Waals surface area (Å²) in [6.07, 6.45) is -1.46. The van der Waals surface area contributed by atoms with Gasteiger partial charge in [0, 0.05) is 43.3 Å². The van der Waals surface area contributed by atoms with Crippen LogP contribution in [-0.2, 0) is 23.9 Å². The number of aryl methyl sites for hydroxylation is 2. The third-order valence-electron chi connectivity index (χ3n) is 9.28. The first-order valence-electron chi connectivity index (χ1n) is 16.8. The van der Waals surface area contributed by atoms with Crippen molar-refractivity contribution in [1.29, 1.82) is 0 Å². The van der Waals surface area contributed by atoms with Crippen LogP contribution in [0.25, 0.3) is 28.1 Å². The quantitative estimate of drug-likeness (QED) is 0.225. The van der Waals surface area contributed by atoms with Crippen molar-refractivity contribution in [3.05, 3.63) is 98.6 Å². The molecular weight excluding hydrogens is 729 g/mol. The molecule has 0 radical (unpaired) electrons. The second kappa shape index (κ2) is 14.0. The third-order valence-corrected chi connectivity index (χ3v) is 9.59. The average Bonchev–Trinajstić information content (AvgIpc) is 3.60. The Kier molecular flexibility index (Phi) is 9.43. The van der Waals surface area contributed by atoms with Gasteiger partial charge < -0.3 is 24.8 Å². The van der Waals surface area contributed by atoms with E-state index in [-0.39, 0.29) is 77.7 Å². The summed E-state index contributed by atoms with van der Waals surface area (Å²) >= 11 is 6.15. The zero-order chi connectivity index (χ0) is 38.5. The van der Waals surface area contributed by atoms with Crippen LogP contribution in [0.15, 0.2) is 59.8 Å². The Bertz CT molecular complexity index is 2530. The summed E-state index contributed by atoms with van der Waals surface area (Å²) < 4.78 is 42.5. The Morgan fingerprint density at radius 1 is 1.02 bits per heavy atom. The number of alkyl halides is 3. The normalized spacial score (nSPS) is 13.5. The van der Waals surface area contributed by atoms with Crippen LogP contribution in [0.5, 0.6) is 5.75 Å². The van der Waals surface area contributed by atoms with Crippen LogP contribution >= 0.6 is 11.6 Å². The fourth-order valence-electron chi connectivity index (χ4n) is 6.59. The molecule has 2 N–H and O–H groups in total.